The Labute approximate surface area is 244 Å². The summed E-state index contributed by atoms with van der Waals surface area (Å²) in [7, 11) is 4.04. The maximum Gasteiger partial charge on any atom is 0.410 e. The number of hydrogen-bond acceptors (Lipinski definition) is 8. The smallest absolute Gasteiger partial charge is 0.410 e. The average Bonchev–Trinajstić information content (AvgIpc) is 3.26. The molecule has 4 heterocycles. The molecule has 2 aliphatic rings. The van der Waals surface area contributed by atoms with E-state index in [2.05, 4.69) is 36.0 Å². The van der Waals surface area contributed by atoms with Crippen molar-refractivity contribution in [3.63, 3.8) is 0 Å². The van der Waals surface area contributed by atoms with Crippen molar-refractivity contribution in [3.8, 4) is 0 Å². The van der Waals surface area contributed by atoms with Crippen LogP contribution in [0.3, 0.4) is 0 Å². The summed E-state index contributed by atoms with van der Waals surface area (Å²) < 4.78 is 23.0. The molecule has 40 heavy (non-hydrogen) atoms. The Morgan fingerprint density at radius 2 is 1.98 bits per heavy atom. The monoisotopic (exact) mass is 638 g/mol. The van der Waals surface area contributed by atoms with Crippen molar-refractivity contribution in [1.82, 2.24) is 29.8 Å². The molecule has 3 aromatic rings. The summed E-state index contributed by atoms with van der Waals surface area (Å²) in [5.74, 6) is -0.527. The van der Waals surface area contributed by atoms with Crippen molar-refractivity contribution in [3.05, 3.63) is 21.4 Å². The zero-order valence-electron chi connectivity index (χ0n) is 23.1. The van der Waals surface area contributed by atoms with Crippen LogP contribution in [0.15, 0.2) is 10.5 Å². The molecule has 0 radical (unpaired) electrons. The molecule has 2 amide bonds. The first-order chi connectivity index (χ1) is 18.7. The van der Waals surface area contributed by atoms with Crippen molar-refractivity contribution in [2.24, 2.45) is 5.73 Å². The Kier molecular flexibility index (Phi) is 7.60. The zero-order chi connectivity index (χ0) is 29.1. The molecule has 14 heteroatoms. The summed E-state index contributed by atoms with van der Waals surface area (Å²) in [5, 5.41) is 9.71. The number of piperidine rings is 1. The third-order valence-electron chi connectivity index (χ3n) is 7.51. The number of aromatic nitrogens is 4. The number of carbonyl (C=O) groups excluding carboxylic acids is 2. The number of likely N-dealkylation sites (N-methyl/N-ethyl adjacent to an activating group) is 1. The third-order valence-corrected chi connectivity index (χ3v) is 8.81. The van der Waals surface area contributed by atoms with Crippen LogP contribution in [0.1, 0.15) is 46.1 Å². The van der Waals surface area contributed by atoms with E-state index in [-0.39, 0.29) is 27.5 Å². The highest BCUT2D eigenvalue weighted by molar-refractivity contribution is 9.10. The van der Waals surface area contributed by atoms with Gasteiger partial charge in [-0.1, -0.05) is 16.8 Å². The highest BCUT2D eigenvalue weighted by Crippen LogP contribution is 2.40. The van der Waals surface area contributed by atoms with Gasteiger partial charge in [-0.3, -0.25) is 4.79 Å². The molecule has 2 aromatic heterocycles. The van der Waals surface area contributed by atoms with Crippen molar-refractivity contribution in [2.45, 2.75) is 63.8 Å². The summed E-state index contributed by atoms with van der Waals surface area (Å²) >= 11 is 9.63. The highest BCUT2D eigenvalue weighted by Gasteiger charge is 2.38. The minimum atomic E-state index is -0.685. The number of primary amides is 1. The SMILES string of the molecule is CN(C)C1CN(c2nc3c(F)c(Br)c(Cl)cc3c3c2nnn3[C@H]2CCN(C(=O)OC(C)(C)C)[C@H](CC(N)=O)C2)C1. The predicted molar refractivity (Wildman–Crippen MR) is 154 cm³/mol. The first kappa shape index (κ1) is 28.7. The summed E-state index contributed by atoms with van der Waals surface area (Å²) in [4.78, 5) is 35.4. The topological polar surface area (TPSA) is 123 Å². The molecule has 0 unspecified atom stereocenters. The fourth-order valence-corrected chi connectivity index (χ4v) is 5.89. The van der Waals surface area contributed by atoms with Gasteiger partial charge in [-0.05, 0) is 69.7 Å². The highest BCUT2D eigenvalue weighted by atomic mass is 79.9. The number of nitrogens with zero attached hydrogens (tertiary/aromatic N) is 7. The molecular formula is C26H33BrClFN8O3. The Balaban J connectivity index is 1.58. The quantitative estimate of drug-likeness (QED) is 0.414. The van der Waals surface area contributed by atoms with Gasteiger partial charge < -0.3 is 25.2 Å². The van der Waals surface area contributed by atoms with Crippen molar-refractivity contribution < 1.29 is 18.7 Å². The molecule has 0 bridgehead atoms. The van der Waals surface area contributed by atoms with E-state index in [1.807, 2.05) is 14.1 Å². The molecule has 2 atom stereocenters. The number of hydrogen-bond donors (Lipinski definition) is 1. The fourth-order valence-electron chi connectivity index (χ4n) is 5.40. The lowest BCUT2D eigenvalue weighted by Gasteiger charge is -2.43. The minimum absolute atomic E-state index is 0.0248. The van der Waals surface area contributed by atoms with Crippen LogP contribution in [-0.4, -0.2) is 93.2 Å². The van der Waals surface area contributed by atoms with Crippen LogP contribution in [0.25, 0.3) is 21.9 Å². The zero-order valence-corrected chi connectivity index (χ0v) is 25.5. The number of fused-ring (bicyclic) bond motifs is 3. The van der Waals surface area contributed by atoms with Crippen LogP contribution in [0.2, 0.25) is 5.02 Å². The van der Waals surface area contributed by atoms with E-state index in [1.54, 1.807) is 36.4 Å². The van der Waals surface area contributed by atoms with Crippen LogP contribution >= 0.6 is 27.5 Å². The summed E-state index contributed by atoms with van der Waals surface area (Å²) in [6.45, 7) is 7.14. The normalized spacial score (nSPS) is 20.4. The van der Waals surface area contributed by atoms with Gasteiger partial charge in [-0.15, -0.1) is 5.10 Å². The van der Waals surface area contributed by atoms with Gasteiger partial charge >= 0.3 is 6.09 Å². The first-order valence-electron chi connectivity index (χ1n) is 13.2. The molecule has 2 aliphatic heterocycles. The Hall–Kier alpha value is -2.77. The molecule has 0 saturated carbocycles. The van der Waals surface area contributed by atoms with Crippen LogP contribution in [0, 0.1) is 5.82 Å². The number of nitrogens with two attached hydrogens (primary N) is 1. The van der Waals surface area contributed by atoms with E-state index in [9.17, 15) is 9.59 Å². The van der Waals surface area contributed by atoms with Gasteiger partial charge in [-0.25, -0.2) is 18.9 Å². The molecule has 2 fully saturated rings. The van der Waals surface area contributed by atoms with E-state index < -0.39 is 29.5 Å². The fraction of sp³-hybridized carbons (Fsp3) is 0.577. The Bertz CT molecular complexity index is 1490. The number of anilines is 1. The largest absolute Gasteiger partial charge is 0.444 e. The average molecular weight is 640 g/mol. The molecule has 0 spiro atoms. The number of likely N-dealkylation sites (tertiary alicyclic amines) is 1. The van der Waals surface area contributed by atoms with Crippen molar-refractivity contribution >= 4 is 67.3 Å². The number of ether oxygens (including phenoxy) is 1. The second-order valence-electron chi connectivity index (χ2n) is 11.7. The number of carbonyl (C=O) groups is 2. The molecule has 2 saturated heterocycles. The summed E-state index contributed by atoms with van der Waals surface area (Å²) in [5.41, 5.74) is 6.20. The molecule has 2 N–H and O–H groups in total. The van der Waals surface area contributed by atoms with Crippen LogP contribution < -0.4 is 10.6 Å². The molecule has 1 aromatic carbocycles. The number of pyridine rings is 1. The summed E-state index contributed by atoms with van der Waals surface area (Å²) in [6.07, 6.45) is 0.386. The number of amides is 2. The maximum absolute atomic E-state index is 15.5. The predicted octanol–water partition coefficient (Wildman–Crippen LogP) is 4.10. The second kappa shape index (κ2) is 10.6. The van der Waals surface area contributed by atoms with Gasteiger partial charge in [0, 0.05) is 43.5 Å². The number of halogens is 3. The Morgan fingerprint density at radius 3 is 2.60 bits per heavy atom. The summed E-state index contributed by atoms with van der Waals surface area (Å²) in [6, 6.07) is 1.26. The first-order valence-corrected chi connectivity index (χ1v) is 14.3. The van der Waals surface area contributed by atoms with Crippen molar-refractivity contribution in [1.29, 1.82) is 0 Å². The van der Waals surface area contributed by atoms with Crippen LogP contribution in [0.5, 0.6) is 0 Å². The molecule has 5 rings (SSSR count). The standard InChI is InChI=1S/C26H33BrClFN8O3/c1-26(2,3)40-25(39)36-7-6-13(8-14(36)9-18(30)38)37-23-16-10-17(28)19(27)20(29)21(16)31-24(22(23)32-33-37)35-11-15(12-35)34(4)5/h10,13-15H,6-9,11-12H2,1-5H3,(H2,30,38)/t13-,14-/m0/s1. The van der Waals surface area contributed by atoms with Gasteiger partial charge in [0.05, 0.1) is 15.5 Å². The van der Waals surface area contributed by atoms with E-state index in [0.29, 0.717) is 47.7 Å². The van der Waals surface area contributed by atoms with Crippen molar-refractivity contribution in [2.75, 3.05) is 38.6 Å². The van der Waals surface area contributed by atoms with E-state index in [4.69, 9.17) is 27.1 Å². The minimum Gasteiger partial charge on any atom is -0.444 e. The van der Waals surface area contributed by atoms with Gasteiger partial charge in [0.15, 0.2) is 17.2 Å². The number of benzene rings is 1. The van der Waals surface area contributed by atoms with Gasteiger partial charge in [0.2, 0.25) is 5.91 Å². The van der Waals surface area contributed by atoms with Gasteiger partial charge in [0.1, 0.15) is 16.6 Å². The lowest BCUT2D eigenvalue weighted by Crippen LogP contribution is -2.57. The lowest BCUT2D eigenvalue weighted by molar-refractivity contribution is -0.119. The van der Waals surface area contributed by atoms with E-state index in [0.717, 1.165) is 13.1 Å². The molecule has 216 valence electrons. The molecule has 11 nitrogen and oxygen atoms in total. The van der Waals surface area contributed by atoms with E-state index >= 15 is 4.39 Å². The van der Waals surface area contributed by atoms with Gasteiger partial charge in [0.25, 0.3) is 0 Å². The van der Waals surface area contributed by atoms with Crippen LogP contribution in [-0.2, 0) is 9.53 Å². The number of rotatable bonds is 5. The lowest BCUT2D eigenvalue weighted by atomic mass is 9.94. The van der Waals surface area contributed by atoms with E-state index in [1.165, 1.54) is 0 Å². The van der Waals surface area contributed by atoms with Gasteiger partial charge in [-0.2, -0.15) is 0 Å². The Morgan fingerprint density at radius 1 is 1.27 bits per heavy atom. The second-order valence-corrected chi connectivity index (χ2v) is 12.9. The third kappa shape index (κ3) is 5.30. The molecule has 0 aliphatic carbocycles. The van der Waals surface area contributed by atoms with Crippen LogP contribution in [0.4, 0.5) is 15.0 Å². The maximum atomic E-state index is 15.5. The molecular weight excluding hydrogens is 607 g/mol.